The van der Waals surface area contributed by atoms with Gasteiger partial charge in [-0.15, -0.1) is 0 Å². The Morgan fingerprint density at radius 1 is 1.33 bits per heavy atom. The smallest absolute Gasteiger partial charge is 0.270 e. The first-order valence-electron chi connectivity index (χ1n) is 7.53. The van der Waals surface area contributed by atoms with Crippen molar-refractivity contribution in [2.45, 2.75) is 46.6 Å². The van der Waals surface area contributed by atoms with E-state index in [1.807, 2.05) is 6.07 Å². The molecule has 0 saturated carbocycles. The molecule has 0 saturated heterocycles. The fourth-order valence-electron chi connectivity index (χ4n) is 2.58. The normalized spacial score (nSPS) is 14.2. The molecule has 0 bridgehead atoms. The van der Waals surface area contributed by atoms with Crippen LogP contribution in [0.15, 0.2) is 22.7 Å². The van der Waals surface area contributed by atoms with Gasteiger partial charge in [-0.1, -0.05) is 42.8 Å². The van der Waals surface area contributed by atoms with Crippen LogP contribution >= 0.6 is 15.9 Å². The molecule has 2 atom stereocenters. The molecule has 0 fully saturated rings. The van der Waals surface area contributed by atoms with Gasteiger partial charge in [-0.3, -0.25) is 10.1 Å². The molecule has 4 nitrogen and oxygen atoms in total. The summed E-state index contributed by atoms with van der Waals surface area (Å²) in [5.74, 6) is 1.04. The number of halogens is 1. The molecule has 0 heterocycles. The lowest BCUT2D eigenvalue weighted by Crippen LogP contribution is -2.37. The second-order valence-electron chi connectivity index (χ2n) is 5.89. The molecule has 1 aromatic carbocycles. The zero-order chi connectivity index (χ0) is 16.0. The summed E-state index contributed by atoms with van der Waals surface area (Å²) in [6, 6.07) is 5.47. The van der Waals surface area contributed by atoms with Gasteiger partial charge in [0.15, 0.2) is 0 Å². The summed E-state index contributed by atoms with van der Waals surface area (Å²) in [4.78, 5) is 10.4. The van der Waals surface area contributed by atoms with Crippen LogP contribution < -0.4 is 5.32 Å². The molecule has 1 aromatic rings. The van der Waals surface area contributed by atoms with Crippen molar-refractivity contribution in [2.75, 3.05) is 6.54 Å². The molecule has 0 aromatic heterocycles. The second kappa shape index (κ2) is 8.49. The maximum absolute atomic E-state index is 10.8. The number of hydrogen-bond acceptors (Lipinski definition) is 3. The van der Waals surface area contributed by atoms with Crippen LogP contribution in [-0.2, 0) is 6.42 Å². The average molecular weight is 357 g/mol. The fraction of sp³-hybridized carbons (Fsp3) is 0.625. The van der Waals surface area contributed by atoms with Gasteiger partial charge in [-0.25, -0.2) is 0 Å². The van der Waals surface area contributed by atoms with Crippen molar-refractivity contribution in [3.05, 3.63) is 38.3 Å². The average Bonchev–Trinajstić information content (AvgIpc) is 2.42. The molecule has 0 aliphatic carbocycles. The number of nitro benzene ring substituents is 1. The maximum atomic E-state index is 10.8. The van der Waals surface area contributed by atoms with Crippen LogP contribution in [0, 0.1) is 22.0 Å². The van der Waals surface area contributed by atoms with Gasteiger partial charge in [0.2, 0.25) is 0 Å². The number of nitro groups is 1. The summed E-state index contributed by atoms with van der Waals surface area (Å²) in [5, 5.41) is 14.4. The number of benzene rings is 1. The van der Waals surface area contributed by atoms with Gasteiger partial charge in [-0.05, 0) is 43.7 Å². The van der Waals surface area contributed by atoms with Crippen molar-refractivity contribution in [3.8, 4) is 0 Å². The van der Waals surface area contributed by atoms with Crippen molar-refractivity contribution in [1.29, 1.82) is 0 Å². The summed E-state index contributed by atoms with van der Waals surface area (Å²) < 4.78 is 0.824. The van der Waals surface area contributed by atoms with Crippen LogP contribution in [0.3, 0.4) is 0 Å². The van der Waals surface area contributed by atoms with Gasteiger partial charge in [0, 0.05) is 22.6 Å². The highest BCUT2D eigenvalue weighted by atomic mass is 79.9. The lowest BCUT2D eigenvalue weighted by molar-refractivity contribution is -0.384. The first-order valence-corrected chi connectivity index (χ1v) is 8.32. The maximum Gasteiger partial charge on any atom is 0.270 e. The summed E-state index contributed by atoms with van der Waals surface area (Å²) in [7, 11) is 0. The first kappa shape index (κ1) is 18.1. The fourth-order valence-corrected chi connectivity index (χ4v) is 3.11. The number of nitrogens with one attached hydrogen (secondary N) is 1. The molecule has 0 aliphatic heterocycles. The Bertz CT molecular complexity index is 477. The predicted molar refractivity (Wildman–Crippen MR) is 90.6 cm³/mol. The topological polar surface area (TPSA) is 55.2 Å². The van der Waals surface area contributed by atoms with Crippen molar-refractivity contribution < 1.29 is 4.92 Å². The second-order valence-corrected chi connectivity index (χ2v) is 6.74. The molecule has 21 heavy (non-hydrogen) atoms. The van der Waals surface area contributed by atoms with Crippen LogP contribution in [0.2, 0.25) is 0 Å². The van der Waals surface area contributed by atoms with Crippen LogP contribution in [-0.4, -0.2) is 17.5 Å². The van der Waals surface area contributed by atoms with E-state index in [1.165, 1.54) is 0 Å². The monoisotopic (exact) mass is 356 g/mol. The van der Waals surface area contributed by atoms with Crippen molar-refractivity contribution in [3.63, 3.8) is 0 Å². The molecule has 0 amide bonds. The zero-order valence-electron chi connectivity index (χ0n) is 13.2. The van der Waals surface area contributed by atoms with Crippen LogP contribution in [0.1, 0.15) is 39.7 Å². The van der Waals surface area contributed by atoms with E-state index < -0.39 is 0 Å². The van der Waals surface area contributed by atoms with E-state index in [2.05, 4.69) is 48.9 Å². The lowest BCUT2D eigenvalue weighted by Gasteiger charge is -2.29. The quantitative estimate of drug-likeness (QED) is 0.548. The highest BCUT2D eigenvalue weighted by Crippen LogP contribution is 2.28. The number of non-ortho nitro benzene ring substituents is 1. The Labute approximate surface area is 135 Å². The Morgan fingerprint density at radius 2 is 2.00 bits per heavy atom. The van der Waals surface area contributed by atoms with Crippen molar-refractivity contribution in [1.82, 2.24) is 5.32 Å². The molecule has 0 radical (unpaired) electrons. The van der Waals surface area contributed by atoms with E-state index in [9.17, 15) is 10.1 Å². The minimum Gasteiger partial charge on any atom is -0.314 e. The van der Waals surface area contributed by atoms with Crippen molar-refractivity contribution in [2.24, 2.45) is 11.8 Å². The van der Waals surface area contributed by atoms with Gasteiger partial charge in [-0.2, -0.15) is 0 Å². The number of nitrogens with zero attached hydrogens (tertiary/aromatic N) is 1. The van der Waals surface area contributed by atoms with E-state index in [4.69, 9.17) is 0 Å². The predicted octanol–water partition coefficient (Wildman–Crippen LogP) is 4.56. The molecule has 118 valence electrons. The van der Waals surface area contributed by atoms with Gasteiger partial charge in [0.05, 0.1) is 4.92 Å². The molecule has 2 unspecified atom stereocenters. The summed E-state index contributed by atoms with van der Waals surface area (Å²) in [5.41, 5.74) is 1.26. The molecular weight excluding hydrogens is 332 g/mol. The Balaban J connectivity index is 2.86. The first-order chi connectivity index (χ1) is 9.86. The third-order valence-corrected chi connectivity index (χ3v) is 4.66. The van der Waals surface area contributed by atoms with Gasteiger partial charge < -0.3 is 5.32 Å². The highest BCUT2D eigenvalue weighted by Gasteiger charge is 2.22. The molecular formula is C16H25BrN2O2. The SMILES string of the molecule is CCCNC(C)C(Cc1ccc([N+](=O)[O-])cc1Br)C(C)C. The number of rotatable bonds is 8. The van der Waals surface area contributed by atoms with Gasteiger partial charge >= 0.3 is 0 Å². The Kier molecular flexibility index (Phi) is 7.32. The van der Waals surface area contributed by atoms with E-state index in [-0.39, 0.29) is 10.6 Å². The minimum atomic E-state index is -0.361. The summed E-state index contributed by atoms with van der Waals surface area (Å²) >= 11 is 3.47. The van der Waals surface area contributed by atoms with Gasteiger partial charge in [0.1, 0.15) is 0 Å². The molecule has 1 N–H and O–H groups in total. The van der Waals surface area contributed by atoms with Crippen LogP contribution in [0.5, 0.6) is 0 Å². The van der Waals surface area contributed by atoms with Gasteiger partial charge in [0.25, 0.3) is 5.69 Å². The minimum absolute atomic E-state index is 0.129. The van der Waals surface area contributed by atoms with E-state index >= 15 is 0 Å². The lowest BCUT2D eigenvalue weighted by atomic mass is 9.84. The largest absolute Gasteiger partial charge is 0.314 e. The summed E-state index contributed by atoms with van der Waals surface area (Å²) in [6.07, 6.45) is 2.03. The third kappa shape index (κ3) is 5.40. The molecule has 0 aliphatic rings. The van der Waals surface area contributed by atoms with E-state index in [0.717, 1.165) is 29.4 Å². The van der Waals surface area contributed by atoms with Crippen LogP contribution in [0.4, 0.5) is 5.69 Å². The van der Waals surface area contributed by atoms with E-state index in [1.54, 1.807) is 12.1 Å². The molecule has 1 rings (SSSR count). The van der Waals surface area contributed by atoms with Crippen molar-refractivity contribution >= 4 is 21.6 Å². The van der Waals surface area contributed by atoms with Crippen LogP contribution in [0.25, 0.3) is 0 Å². The molecule has 0 spiro atoms. The summed E-state index contributed by atoms with van der Waals surface area (Å²) in [6.45, 7) is 9.87. The third-order valence-electron chi connectivity index (χ3n) is 3.92. The Morgan fingerprint density at radius 3 is 2.48 bits per heavy atom. The standard InChI is InChI=1S/C16H25BrN2O2/c1-5-8-18-12(4)15(11(2)3)9-13-6-7-14(19(20)21)10-16(13)17/h6-7,10-12,15,18H,5,8-9H2,1-4H3. The zero-order valence-corrected chi connectivity index (χ0v) is 14.8. The molecule has 5 heteroatoms. The Hall–Kier alpha value is -0.940. The van der Waals surface area contributed by atoms with E-state index in [0.29, 0.717) is 17.9 Å². The number of hydrogen-bond donors (Lipinski definition) is 1. The highest BCUT2D eigenvalue weighted by molar-refractivity contribution is 9.10.